The minimum absolute atomic E-state index is 0.202. The van der Waals surface area contributed by atoms with Crippen molar-refractivity contribution in [1.29, 1.82) is 0 Å². The number of methoxy groups -OCH3 is 1. The van der Waals surface area contributed by atoms with Crippen LogP contribution < -0.4 is 21.1 Å². The van der Waals surface area contributed by atoms with Crippen molar-refractivity contribution >= 4 is 23.3 Å². The van der Waals surface area contributed by atoms with Gasteiger partial charge in [-0.15, -0.1) is 5.10 Å². The number of rotatable bonds is 6. The van der Waals surface area contributed by atoms with Gasteiger partial charge in [0.05, 0.1) is 19.3 Å². The molecule has 3 aromatic rings. The number of halogens is 1. The van der Waals surface area contributed by atoms with E-state index in [1.54, 1.807) is 43.6 Å². The average Bonchev–Trinajstić information content (AvgIpc) is 2.97. The number of amides is 2. The Kier molecular flexibility index (Phi) is 5.95. The molecule has 0 aliphatic heterocycles. The molecule has 2 heterocycles. The lowest BCUT2D eigenvalue weighted by molar-refractivity contribution is 0.251. The lowest BCUT2D eigenvalue weighted by atomic mass is 10.3. The van der Waals surface area contributed by atoms with Crippen LogP contribution in [0.15, 0.2) is 47.4 Å². The number of nitrogens with one attached hydrogen (secondary N) is 2. The predicted octanol–water partition coefficient (Wildman–Crippen LogP) is 2.13. The summed E-state index contributed by atoms with van der Waals surface area (Å²) in [6, 6.07) is 9.84. The second-order valence-electron chi connectivity index (χ2n) is 5.83. The Morgan fingerprint density at radius 3 is 2.82 bits per heavy atom. The maximum Gasteiger partial charge on any atom is 0.346 e. The third-order valence-electron chi connectivity index (χ3n) is 3.95. The van der Waals surface area contributed by atoms with Crippen molar-refractivity contribution in [3.63, 3.8) is 0 Å². The topological polar surface area (TPSA) is 103 Å². The van der Waals surface area contributed by atoms with Crippen LogP contribution in [0, 0.1) is 0 Å². The summed E-state index contributed by atoms with van der Waals surface area (Å²) in [4.78, 5) is 28.6. The molecule has 0 atom stereocenters. The number of pyridine rings is 1. The standard InChI is InChI=1S/C18H19ClN6O3/c1-24-16(13-5-3-4-8-20-13)23-25(18(24)27)10-9-21-17(26)22-14-11-12(19)6-7-15(14)28-2/h3-8,11H,9-10H2,1-2H3,(H2,21,22,26). The molecule has 28 heavy (non-hydrogen) atoms. The first-order valence-electron chi connectivity index (χ1n) is 8.43. The van der Waals surface area contributed by atoms with E-state index in [4.69, 9.17) is 16.3 Å². The van der Waals surface area contributed by atoms with Crippen molar-refractivity contribution in [2.75, 3.05) is 19.0 Å². The molecule has 2 amide bonds. The molecule has 0 fully saturated rings. The van der Waals surface area contributed by atoms with Crippen LogP contribution in [0.4, 0.5) is 10.5 Å². The van der Waals surface area contributed by atoms with Gasteiger partial charge in [-0.05, 0) is 30.3 Å². The second-order valence-corrected chi connectivity index (χ2v) is 6.27. The minimum Gasteiger partial charge on any atom is -0.495 e. The summed E-state index contributed by atoms with van der Waals surface area (Å²) in [5.41, 5.74) is 0.749. The number of carbonyl (C=O) groups excluding carboxylic acids is 1. The summed E-state index contributed by atoms with van der Waals surface area (Å²) < 4.78 is 7.88. The van der Waals surface area contributed by atoms with E-state index < -0.39 is 6.03 Å². The lowest BCUT2D eigenvalue weighted by Gasteiger charge is -2.11. The van der Waals surface area contributed by atoms with Gasteiger partial charge in [-0.2, -0.15) is 0 Å². The number of hydrogen-bond acceptors (Lipinski definition) is 5. The van der Waals surface area contributed by atoms with E-state index in [1.807, 2.05) is 6.07 Å². The SMILES string of the molecule is COc1ccc(Cl)cc1NC(=O)NCCn1nc(-c2ccccn2)n(C)c1=O. The highest BCUT2D eigenvalue weighted by molar-refractivity contribution is 6.31. The first-order chi connectivity index (χ1) is 13.5. The van der Waals surface area contributed by atoms with E-state index >= 15 is 0 Å². The van der Waals surface area contributed by atoms with E-state index in [9.17, 15) is 9.59 Å². The van der Waals surface area contributed by atoms with Crippen LogP contribution in [0.2, 0.25) is 5.02 Å². The van der Waals surface area contributed by atoms with Crippen LogP contribution in [0.25, 0.3) is 11.5 Å². The summed E-state index contributed by atoms with van der Waals surface area (Å²) in [7, 11) is 3.13. The van der Waals surface area contributed by atoms with Gasteiger partial charge in [-0.25, -0.2) is 14.3 Å². The zero-order valence-electron chi connectivity index (χ0n) is 15.3. The number of hydrogen-bond donors (Lipinski definition) is 2. The van der Waals surface area contributed by atoms with Crippen LogP contribution in [-0.2, 0) is 13.6 Å². The highest BCUT2D eigenvalue weighted by atomic mass is 35.5. The summed E-state index contributed by atoms with van der Waals surface area (Å²) in [5, 5.41) is 10.1. The molecule has 0 radical (unpaired) electrons. The Labute approximate surface area is 165 Å². The predicted molar refractivity (Wildman–Crippen MR) is 106 cm³/mol. The van der Waals surface area contributed by atoms with Gasteiger partial charge in [0.25, 0.3) is 0 Å². The van der Waals surface area contributed by atoms with Crippen molar-refractivity contribution in [1.82, 2.24) is 24.6 Å². The Balaban J connectivity index is 1.62. The Bertz CT molecular complexity index is 1030. The van der Waals surface area contributed by atoms with Gasteiger partial charge in [-0.3, -0.25) is 9.55 Å². The third kappa shape index (κ3) is 4.32. The third-order valence-corrected chi connectivity index (χ3v) is 4.19. The van der Waals surface area contributed by atoms with Crippen LogP contribution >= 0.6 is 11.6 Å². The average molecular weight is 403 g/mol. The molecule has 0 unspecified atom stereocenters. The van der Waals surface area contributed by atoms with Crippen molar-refractivity contribution in [3.8, 4) is 17.3 Å². The lowest BCUT2D eigenvalue weighted by Crippen LogP contribution is -2.34. The number of anilines is 1. The maximum absolute atomic E-state index is 12.3. The molecular weight excluding hydrogens is 384 g/mol. The van der Waals surface area contributed by atoms with Gasteiger partial charge in [0.2, 0.25) is 0 Å². The number of benzene rings is 1. The number of nitrogens with zero attached hydrogens (tertiary/aromatic N) is 4. The van der Waals surface area contributed by atoms with Gasteiger partial charge < -0.3 is 15.4 Å². The fourth-order valence-electron chi connectivity index (χ4n) is 2.57. The maximum atomic E-state index is 12.3. The van der Waals surface area contributed by atoms with Gasteiger partial charge >= 0.3 is 11.7 Å². The van der Waals surface area contributed by atoms with Crippen LogP contribution in [-0.4, -0.2) is 39.0 Å². The van der Waals surface area contributed by atoms with E-state index in [0.717, 1.165) is 0 Å². The molecule has 146 valence electrons. The molecule has 0 bridgehead atoms. The van der Waals surface area contributed by atoms with Crippen molar-refractivity contribution in [3.05, 3.63) is 58.1 Å². The molecule has 1 aromatic carbocycles. The summed E-state index contributed by atoms with van der Waals surface area (Å²) in [6.07, 6.45) is 1.63. The molecule has 0 saturated carbocycles. The molecule has 0 saturated heterocycles. The molecule has 0 aliphatic rings. The summed E-state index contributed by atoms with van der Waals surface area (Å²) in [6.45, 7) is 0.410. The molecule has 2 aromatic heterocycles. The summed E-state index contributed by atoms with van der Waals surface area (Å²) in [5.74, 6) is 0.944. The van der Waals surface area contributed by atoms with Gasteiger partial charge in [0.15, 0.2) is 5.82 Å². The van der Waals surface area contributed by atoms with E-state index in [0.29, 0.717) is 28.0 Å². The quantitative estimate of drug-likeness (QED) is 0.657. The fraction of sp³-hybridized carbons (Fsp3) is 0.222. The normalized spacial score (nSPS) is 10.5. The van der Waals surface area contributed by atoms with Crippen LogP contribution in [0.5, 0.6) is 5.75 Å². The molecular formula is C18H19ClN6O3. The zero-order chi connectivity index (χ0) is 20.1. The van der Waals surface area contributed by atoms with Crippen molar-refractivity contribution in [2.45, 2.75) is 6.54 Å². The molecule has 0 aliphatic carbocycles. The smallest absolute Gasteiger partial charge is 0.346 e. The van der Waals surface area contributed by atoms with Crippen molar-refractivity contribution in [2.24, 2.45) is 7.05 Å². The first kappa shape index (κ1) is 19.4. The number of aromatic nitrogens is 4. The van der Waals surface area contributed by atoms with Crippen molar-refractivity contribution < 1.29 is 9.53 Å². The monoisotopic (exact) mass is 402 g/mol. The molecule has 3 rings (SSSR count). The van der Waals surface area contributed by atoms with E-state index in [2.05, 4.69) is 20.7 Å². The fourth-order valence-corrected chi connectivity index (χ4v) is 2.74. The molecule has 9 nitrogen and oxygen atoms in total. The Hall–Kier alpha value is -3.33. The van der Waals surface area contributed by atoms with Gasteiger partial charge in [0.1, 0.15) is 11.4 Å². The number of carbonyl (C=O) groups is 1. The van der Waals surface area contributed by atoms with E-state index in [1.165, 1.54) is 16.4 Å². The highest BCUT2D eigenvalue weighted by Crippen LogP contribution is 2.27. The second kappa shape index (κ2) is 8.57. The summed E-state index contributed by atoms with van der Waals surface area (Å²) >= 11 is 5.95. The molecule has 10 heteroatoms. The van der Waals surface area contributed by atoms with E-state index in [-0.39, 0.29) is 18.8 Å². The van der Waals surface area contributed by atoms with Crippen LogP contribution in [0.3, 0.4) is 0 Å². The van der Waals surface area contributed by atoms with Crippen LogP contribution in [0.1, 0.15) is 0 Å². The number of ether oxygens (including phenoxy) is 1. The van der Waals surface area contributed by atoms with Gasteiger partial charge in [-0.1, -0.05) is 17.7 Å². The van der Waals surface area contributed by atoms with Gasteiger partial charge in [0, 0.05) is 24.8 Å². The molecule has 0 spiro atoms. The largest absolute Gasteiger partial charge is 0.495 e. The Morgan fingerprint density at radius 1 is 1.29 bits per heavy atom. The Morgan fingerprint density at radius 2 is 2.11 bits per heavy atom. The zero-order valence-corrected chi connectivity index (χ0v) is 16.1. The minimum atomic E-state index is -0.450. The number of urea groups is 1. The first-order valence-corrected chi connectivity index (χ1v) is 8.81. The molecule has 2 N–H and O–H groups in total. The highest BCUT2D eigenvalue weighted by Gasteiger charge is 2.13.